The van der Waals surface area contributed by atoms with Gasteiger partial charge in [-0.15, -0.1) is 24.0 Å². The number of likely N-dealkylation sites (N-methyl/N-ethyl adjacent to an activating group) is 1. The number of nitrogens with zero attached hydrogens (tertiary/aromatic N) is 2. The topological polar surface area (TPSA) is 66.0 Å². The van der Waals surface area contributed by atoms with E-state index in [2.05, 4.69) is 29.5 Å². The minimum absolute atomic E-state index is 0. The first-order valence-corrected chi connectivity index (χ1v) is 7.68. The fourth-order valence-electron chi connectivity index (χ4n) is 1.54. The van der Waals surface area contributed by atoms with Crippen LogP contribution in [0.1, 0.15) is 48.0 Å². The molecule has 1 amide bonds. The molecule has 0 aliphatic heterocycles. The molecule has 0 aromatic rings. The number of carbonyl (C=O) groups excluding carboxylic acids is 1. The van der Waals surface area contributed by atoms with Gasteiger partial charge < -0.3 is 20.3 Å². The zero-order valence-corrected chi connectivity index (χ0v) is 17.4. The second-order valence-electron chi connectivity index (χ2n) is 6.01. The summed E-state index contributed by atoms with van der Waals surface area (Å²) in [6.45, 7) is 13.6. The Morgan fingerprint density at radius 3 is 2.32 bits per heavy atom. The lowest BCUT2D eigenvalue weighted by Gasteiger charge is -2.27. The molecule has 0 saturated carbocycles. The van der Waals surface area contributed by atoms with E-state index in [9.17, 15) is 4.79 Å². The highest BCUT2D eigenvalue weighted by Gasteiger charge is 2.20. The molecular weight excluding hydrogens is 395 g/mol. The molecule has 1 atom stereocenters. The standard InChI is InChI=1S/C15H32N4O2.HI/c1-8-12(3)18-13(16-7)17-10-11-19(9-2)14(20)21-15(4,5)6;/h12H,8-11H2,1-7H3,(H2,16,17,18);1H. The lowest BCUT2D eigenvalue weighted by atomic mass is 10.2. The molecule has 0 rings (SSSR count). The lowest BCUT2D eigenvalue weighted by molar-refractivity contribution is 0.0264. The molecule has 132 valence electrons. The van der Waals surface area contributed by atoms with Crippen molar-refractivity contribution in [1.82, 2.24) is 15.5 Å². The maximum Gasteiger partial charge on any atom is 0.410 e. The molecule has 0 heterocycles. The van der Waals surface area contributed by atoms with E-state index in [1.54, 1.807) is 11.9 Å². The molecule has 22 heavy (non-hydrogen) atoms. The number of aliphatic imine (C=N–C) groups is 1. The maximum absolute atomic E-state index is 12.0. The maximum atomic E-state index is 12.0. The third kappa shape index (κ3) is 10.9. The van der Waals surface area contributed by atoms with Crippen LogP contribution in [-0.2, 0) is 4.74 Å². The number of nitrogens with one attached hydrogen (secondary N) is 2. The number of carbonyl (C=O) groups is 1. The molecule has 0 aliphatic carbocycles. The van der Waals surface area contributed by atoms with E-state index >= 15 is 0 Å². The van der Waals surface area contributed by atoms with Gasteiger partial charge in [0.2, 0.25) is 0 Å². The van der Waals surface area contributed by atoms with Gasteiger partial charge in [0.05, 0.1) is 0 Å². The monoisotopic (exact) mass is 428 g/mol. The van der Waals surface area contributed by atoms with Crippen molar-refractivity contribution >= 4 is 36.0 Å². The highest BCUT2D eigenvalue weighted by atomic mass is 127. The van der Waals surface area contributed by atoms with Crippen molar-refractivity contribution in [3.8, 4) is 0 Å². The first kappa shape index (κ1) is 23.5. The van der Waals surface area contributed by atoms with E-state index in [1.165, 1.54) is 0 Å². The summed E-state index contributed by atoms with van der Waals surface area (Å²) in [6, 6.07) is 0.365. The molecule has 0 aromatic carbocycles. The van der Waals surface area contributed by atoms with Gasteiger partial charge in [-0.05, 0) is 41.0 Å². The van der Waals surface area contributed by atoms with Gasteiger partial charge in [0.25, 0.3) is 0 Å². The van der Waals surface area contributed by atoms with Crippen LogP contribution in [0.5, 0.6) is 0 Å². The zero-order valence-electron chi connectivity index (χ0n) is 15.0. The van der Waals surface area contributed by atoms with E-state index in [0.29, 0.717) is 25.7 Å². The van der Waals surface area contributed by atoms with Crippen molar-refractivity contribution in [2.75, 3.05) is 26.7 Å². The van der Waals surface area contributed by atoms with Gasteiger partial charge in [-0.1, -0.05) is 6.92 Å². The molecule has 1 unspecified atom stereocenters. The minimum atomic E-state index is -0.466. The summed E-state index contributed by atoms with van der Waals surface area (Å²) < 4.78 is 5.37. The molecule has 6 nitrogen and oxygen atoms in total. The van der Waals surface area contributed by atoms with Crippen LogP contribution in [0.4, 0.5) is 4.79 Å². The van der Waals surface area contributed by atoms with Gasteiger partial charge in [0, 0.05) is 32.7 Å². The second kappa shape index (κ2) is 11.8. The van der Waals surface area contributed by atoms with Gasteiger partial charge in [-0.3, -0.25) is 4.99 Å². The molecule has 0 bridgehead atoms. The molecule has 0 aromatic heterocycles. The number of guanidine groups is 1. The summed E-state index contributed by atoms with van der Waals surface area (Å²) >= 11 is 0. The Morgan fingerprint density at radius 1 is 1.32 bits per heavy atom. The molecule has 7 heteroatoms. The van der Waals surface area contributed by atoms with Crippen LogP contribution in [0, 0.1) is 0 Å². The summed E-state index contributed by atoms with van der Waals surface area (Å²) in [5.41, 5.74) is -0.466. The Hall–Kier alpha value is -0.730. The Kier molecular flexibility index (Phi) is 12.6. The quantitative estimate of drug-likeness (QED) is 0.388. The van der Waals surface area contributed by atoms with Gasteiger partial charge in [0.1, 0.15) is 5.60 Å². The number of halogens is 1. The largest absolute Gasteiger partial charge is 0.444 e. The highest BCUT2D eigenvalue weighted by molar-refractivity contribution is 14.0. The first-order chi connectivity index (χ1) is 9.73. The van der Waals surface area contributed by atoms with Crippen LogP contribution < -0.4 is 10.6 Å². The number of hydrogen-bond acceptors (Lipinski definition) is 3. The summed E-state index contributed by atoms with van der Waals surface area (Å²) in [7, 11) is 1.74. The van der Waals surface area contributed by atoms with Crippen molar-refractivity contribution in [3.63, 3.8) is 0 Å². The summed E-state index contributed by atoms with van der Waals surface area (Å²) in [6.07, 6.45) is 0.747. The van der Waals surface area contributed by atoms with Gasteiger partial charge in [-0.25, -0.2) is 4.79 Å². The number of rotatable bonds is 6. The normalized spacial score (nSPS) is 13.0. The first-order valence-electron chi connectivity index (χ1n) is 7.68. The average molecular weight is 428 g/mol. The van der Waals surface area contributed by atoms with E-state index < -0.39 is 5.60 Å². The van der Waals surface area contributed by atoms with Crippen LogP contribution in [0.25, 0.3) is 0 Å². The molecule has 0 saturated heterocycles. The molecule has 0 aliphatic rings. The highest BCUT2D eigenvalue weighted by Crippen LogP contribution is 2.09. The number of hydrogen-bond donors (Lipinski definition) is 2. The fourth-order valence-corrected chi connectivity index (χ4v) is 1.54. The molecular formula is C15H33IN4O2. The van der Waals surface area contributed by atoms with E-state index in [1.807, 2.05) is 27.7 Å². The lowest BCUT2D eigenvalue weighted by Crippen LogP contribution is -2.46. The SMILES string of the molecule is CCC(C)NC(=NC)NCCN(CC)C(=O)OC(C)(C)C.I. The third-order valence-electron chi connectivity index (χ3n) is 2.93. The fraction of sp³-hybridized carbons (Fsp3) is 0.867. The Labute approximate surface area is 152 Å². The molecule has 0 radical (unpaired) electrons. The Bertz CT molecular complexity index is 343. The molecule has 2 N–H and O–H groups in total. The third-order valence-corrected chi connectivity index (χ3v) is 2.93. The number of ether oxygens (including phenoxy) is 1. The Morgan fingerprint density at radius 2 is 1.91 bits per heavy atom. The van der Waals surface area contributed by atoms with E-state index in [4.69, 9.17) is 4.74 Å². The van der Waals surface area contributed by atoms with Gasteiger partial charge >= 0.3 is 6.09 Å². The summed E-state index contributed by atoms with van der Waals surface area (Å²) in [4.78, 5) is 17.8. The molecule has 0 fully saturated rings. The van der Waals surface area contributed by atoms with Crippen LogP contribution in [0.3, 0.4) is 0 Å². The smallest absolute Gasteiger partial charge is 0.410 e. The van der Waals surface area contributed by atoms with Crippen LogP contribution in [-0.4, -0.2) is 55.3 Å². The second-order valence-corrected chi connectivity index (χ2v) is 6.01. The van der Waals surface area contributed by atoms with Crippen molar-refractivity contribution in [3.05, 3.63) is 0 Å². The van der Waals surface area contributed by atoms with Crippen molar-refractivity contribution in [2.45, 2.75) is 59.6 Å². The molecule has 0 spiro atoms. The van der Waals surface area contributed by atoms with E-state index in [0.717, 1.165) is 12.4 Å². The van der Waals surface area contributed by atoms with E-state index in [-0.39, 0.29) is 30.1 Å². The predicted octanol–water partition coefficient (Wildman–Crippen LogP) is 2.82. The minimum Gasteiger partial charge on any atom is -0.444 e. The van der Waals surface area contributed by atoms with Crippen molar-refractivity contribution < 1.29 is 9.53 Å². The predicted molar refractivity (Wildman–Crippen MR) is 103 cm³/mol. The van der Waals surface area contributed by atoms with Crippen LogP contribution in [0.2, 0.25) is 0 Å². The van der Waals surface area contributed by atoms with Crippen molar-refractivity contribution in [2.24, 2.45) is 4.99 Å². The summed E-state index contributed by atoms with van der Waals surface area (Å²) in [5.74, 6) is 0.754. The number of amides is 1. The summed E-state index contributed by atoms with van der Waals surface area (Å²) in [5, 5.41) is 6.49. The zero-order chi connectivity index (χ0) is 16.5. The van der Waals surface area contributed by atoms with Gasteiger partial charge in [0.15, 0.2) is 5.96 Å². The van der Waals surface area contributed by atoms with Crippen LogP contribution >= 0.6 is 24.0 Å². The van der Waals surface area contributed by atoms with Gasteiger partial charge in [-0.2, -0.15) is 0 Å². The Balaban J connectivity index is 0. The average Bonchev–Trinajstić information content (AvgIpc) is 2.39. The van der Waals surface area contributed by atoms with Crippen molar-refractivity contribution in [1.29, 1.82) is 0 Å². The van der Waals surface area contributed by atoms with Crippen LogP contribution in [0.15, 0.2) is 4.99 Å².